The van der Waals surface area contributed by atoms with Crippen LogP contribution in [0.4, 0.5) is 21.2 Å². The standard InChI is InChI=1S/C21H26N4O2S/c1-2-25-10-9-17-18(12-25)28-20(19(17)22-13-26)24-21(27)23-16-8-7-14-5-3-4-6-15(14)11-16/h7-8,11,13H,2-6,9-10,12H2,1H3,(H,22,26)(H2,23,24,27). The van der Waals surface area contributed by atoms with Crippen LogP contribution in [0.25, 0.3) is 0 Å². The number of urea groups is 1. The first kappa shape index (κ1) is 19.0. The molecule has 0 fully saturated rings. The fourth-order valence-electron chi connectivity index (χ4n) is 4.10. The lowest BCUT2D eigenvalue weighted by Crippen LogP contribution is -2.29. The van der Waals surface area contributed by atoms with Gasteiger partial charge in [-0.2, -0.15) is 0 Å². The number of carbonyl (C=O) groups is 2. The van der Waals surface area contributed by atoms with Crippen LogP contribution in [-0.4, -0.2) is 30.4 Å². The van der Waals surface area contributed by atoms with E-state index in [1.807, 2.05) is 6.07 Å². The molecular weight excluding hydrogens is 372 g/mol. The number of carbonyl (C=O) groups excluding carboxylic acids is 2. The average molecular weight is 399 g/mol. The van der Waals surface area contributed by atoms with Crippen LogP contribution in [0.2, 0.25) is 0 Å². The van der Waals surface area contributed by atoms with Crippen LogP contribution in [0.3, 0.4) is 0 Å². The summed E-state index contributed by atoms with van der Waals surface area (Å²) >= 11 is 1.55. The molecule has 0 spiro atoms. The molecule has 28 heavy (non-hydrogen) atoms. The van der Waals surface area contributed by atoms with Gasteiger partial charge in [-0.1, -0.05) is 13.0 Å². The van der Waals surface area contributed by atoms with E-state index in [1.165, 1.54) is 28.8 Å². The van der Waals surface area contributed by atoms with E-state index in [-0.39, 0.29) is 6.03 Å². The molecule has 2 aromatic rings. The van der Waals surface area contributed by atoms with Crippen molar-refractivity contribution in [3.63, 3.8) is 0 Å². The molecule has 0 saturated carbocycles. The van der Waals surface area contributed by atoms with Gasteiger partial charge in [0, 0.05) is 23.7 Å². The minimum Gasteiger partial charge on any atom is -0.326 e. The van der Waals surface area contributed by atoms with Gasteiger partial charge in [-0.25, -0.2) is 4.79 Å². The highest BCUT2D eigenvalue weighted by Crippen LogP contribution is 2.41. The van der Waals surface area contributed by atoms with Crippen molar-refractivity contribution < 1.29 is 9.59 Å². The van der Waals surface area contributed by atoms with Gasteiger partial charge in [-0.05, 0) is 67.5 Å². The molecule has 2 heterocycles. The lowest BCUT2D eigenvalue weighted by atomic mass is 9.91. The summed E-state index contributed by atoms with van der Waals surface area (Å²) in [6.45, 7) is 4.97. The minimum atomic E-state index is -0.282. The molecule has 1 aliphatic heterocycles. The summed E-state index contributed by atoms with van der Waals surface area (Å²) in [6.07, 6.45) is 6.21. The molecule has 1 aromatic carbocycles. The van der Waals surface area contributed by atoms with Crippen LogP contribution >= 0.6 is 11.3 Å². The van der Waals surface area contributed by atoms with Crippen LogP contribution in [0.1, 0.15) is 41.3 Å². The van der Waals surface area contributed by atoms with Crippen molar-refractivity contribution in [3.8, 4) is 0 Å². The van der Waals surface area contributed by atoms with Crippen LogP contribution in [-0.2, 0) is 30.6 Å². The number of thiophene rings is 1. The highest BCUT2D eigenvalue weighted by molar-refractivity contribution is 7.17. The monoisotopic (exact) mass is 398 g/mol. The number of hydrogen-bond donors (Lipinski definition) is 3. The SMILES string of the molecule is CCN1CCc2c(sc(NC(=O)Nc3ccc4c(c3)CCCC4)c2NC=O)C1. The molecule has 3 N–H and O–H groups in total. The van der Waals surface area contributed by atoms with E-state index in [2.05, 4.69) is 39.9 Å². The molecule has 0 unspecified atom stereocenters. The number of nitrogens with one attached hydrogen (secondary N) is 3. The van der Waals surface area contributed by atoms with Crippen LogP contribution in [0.5, 0.6) is 0 Å². The first-order valence-corrected chi connectivity index (χ1v) is 10.8. The van der Waals surface area contributed by atoms with Gasteiger partial charge in [-0.15, -0.1) is 11.3 Å². The predicted molar refractivity (Wildman–Crippen MR) is 114 cm³/mol. The zero-order valence-corrected chi connectivity index (χ0v) is 17.0. The van der Waals surface area contributed by atoms with E-state index in [4.69, 9.17) is 0 Å². The van der Waals surface area contributed by atoms with Crippen LogP contribution in [0, 0.1) is 0 Å². The van der Waals surface area contributed by atoms with Crippen LogP contribution in [0.15, 0.2) is 18.2 Å². The van der Waals surface area contributed by atoms with Crippen molar-refractivity contribution in [3.05, 3.63) is 39.8 Å². The van der Waals surface area contributed by atoms with Crippen molar-refractivity contribution in [2.24, 2.45) is 0 Å². The van der Waals surface area contributed by atoms with Crippen molar-refractivity contribution in [2.75, 3.05) is 29.0 Å². The topological polar surface area (TPSA) is 73.5 Å². The van der Waals surface area contributed by atoms with Crippen molar-refractivity contribution in [1.82, 2.24) is 4.90 Å². The molecule has 6 nitrogen and oxygen atoms in total. The highest BCUT2D eigenvalue weighted by Gasteiger charge is 2.24. The maximum atomic E-state index is 12.6. The number of nitrogens with zero attached hydrogens (tertiary/aromatic N) is 1. The summed E-state index contributed by atoms with van der Waals surface area (Å²) in [6, 6.07) is 5.88. The zero-order valence-electron chi connectivity index (χ0n) is 16.1. The van der Waals surface area contributed by atoms with Crippen molar-refractivity contribution >= 4 is 40.2 Å². The zero-order chi connectivity index (χ0) is 19.5. The molecular formula is C21H26N4O2S. The molecule has 4 rings (SSSR count). The molecule has 0 radical (unpaired) electrons. The molecule has 0 bridgehead atoms. The fourth-order valence-corrected chi connectivity index (χ4v) is 5.35. The highest BCUT2D eigenvalue weighted by atomic mass is 32.1. The maximum absolute atomic E-state index is 12.6. The van der Waals surface area contributed by atoms with Gasteiger partial charge in [0.05, 0.1) is 5.69 Å². The number of anilines is 3. The molecule has 1 aliphatic carbocycles. The third-order valence-corrected chi connectivity index (χ3v) is 6.75. The third-order valence-electron chi connectivity index (χ3n) is 5.62. The lowest BCUT2D eigenvalue weighted by molar-refractivity contribution is -0.105. The normalized spacial score (nSPS) is 16.0. The lowest BCUT2D eigenvalue weighted by Gasteiger charge is -2.25. The fraction of sp³-hybridized carbons (Fsp3) is 0.429. The van der Waals surface area contributed by atoms with E-state index >= 15 is 0 Å². The van der Waals surface area contributed by atoms with E-state index in [9.17, 15) is 9.59 Å². The number of likely N-dealkylation sites (N-methyl/N-ethyl adjacent to an activating group) is 1. The average Bonchev–Trinajstić information content (AvgIpc) is 3.04. The maximum Gasteiger partial charge on any atom is 0.324 e. The quantitative estimate of drug-likeness (QED) is 0.661. The summed E-state index contributed by atoms with van der Waals surface area (Å²) in [4.78, 5) is 27.3. The van der Waals surface area contributed by atoms with E-state index in [0.717, 1.165) is 55.8 Å². The van der Waals surface area contributed by atoms with Gasteiger partial charge >= 0.3 is 6.03 Å². The molecule has 0 saturated heterocycles. The van der Waals surface area contributed by atoms with Gasteiger partial charge in [0.25, 0.3) is 0 Å². The van der Waals surface area contributed by atoms with Crippen molar-refractivity contribution in [2.45, 2.75) is 45.6 Å². The third kappa shape index (κ3) is 3.91. The van der Waals surface area contributed by atoms with E-state index < -0.39 is 0 Å². The molecule has 1 aromatic heterocycles. The Morgan fingerprint density at radius 2 is 2.00 bits per heavy atom. The van der Waals surface area contributed by atoms with Crippen LogP contribution < -0.4 is 16.0 Å². The number of fused-ring (bicyclic) bond motifs is 2. The molecule has 0 atom stereocenters. The summed E-state index contributed by atoms with van der Waals surface area (Å²) in [5.41, 5.74) is 5.42. The van der Waals surface area contributed by atoms with E-state index in [0.29, 0.717) is 11.4 Å². The summed E-state index contributed by atoms with van der Waals surface area (Å²) in [7, 11) is 0. The molecule has 148 valence electrons. The summed E-state index contributed by atoms with van der Waals surface area (Å²) < 4.78 is 0. The van der Waals surface area contributed by atoms with Gasteiger partial charge in [0.1, 0.15) is 5.00 Å². The Balaban J connectivity index is 1.50. The smallest absolute Gasteiger partial charge is 0.324 e. The molecule has 3 amide bonds. The number of rotatable bonds is 5. The Labute approximate surface area is 169 Å². The Morgan fingerprint density at radius 3 is 2.79 bits per heavy atom. The van der Waals surface area contributed by atoms with Gasteiger partial charge in [0.15, 0.2) is 0 Å². The number of hydrogen-bond acceptors (Lipinski definition) is 4. The first-order valence-electron chi connectivity index (χ1n) is 9.94. The van der Waals surface area contributed by atoms with E-state index in [1.54, 1.807) is 11.3 Å². The Bertz CT molecular complexity index is 893. The molecule has 7 heteroatoms. The van der Waals surface area contributed by atoms with Gasteiger partial charge in [0.2, 0.25) is 6.41 Å². The summed E-state index contributed by atoms with van der Waals surface area (Å²) in [5, 5.41) is 9.38. The predicted octanol–water partition coefficient (Wildman–Crippen LogP) is 4.22. The number of aryl methyl sites for hydroxylation is 2. The van der Waals surface area contributed by atoms with Crippen molar-refractivity contribution in [1.29, 1.82) is 0 Å². The van der Waals surface area contributed by atoms with Gasteiger partial charge < -0.3 is 10.6 Å². The Morgan fingerprint density at radius 1 is 1.18 bits per heavy atom. The Hall–Kier alpha value is -2.38. The van der Waals surface area contributed by atoms with Gasteiger partial charge in [-0.3, -0.25) is 15.0 Å². The first-order chi connectivity index (χ1) is 13.7. The molecule has 2 aliphatic rings. The minimum absolute atomic E-state index is 0.282. The largest absolute Gasteiger partial charge is 0.326 e. The number of amides is 3. The summed E-state index contributed by atoms with van der Waals surface area (Å²) in [5.74, 6) is 0. The second-order valence-electron chi connectivity index (χ2n) is 7.36. The number of benzene rings is 1. The second kappa shape index (κ2) is 8.32. The Kier molecular flexibility index (Phi) is 5.64. The second-order valence-corrected chi connectivity index (χ2v) is 8.46.